The average molecular weight is 270 g/mol. The number of rotatable bonds is 5. The van der Waals surface area contributed by atoms with E-state index in [1.54, 1.807) is 12.1 Å². The second kappa shape index (κ2) is 6.47. The monoisotopic (exact) mass is 270 g/mol. The number of aliphatic carboxylic acids is 1. The van der Waals surface area contributed by atoms with Crippen molar-refractivity contribution in [1.29, 1.82) is 0 Å². The van der Waals surface area contributed by atoms with Gasteiger partial charge < -0.3 is 10.2 Å². The van der Waals surface area contributed by atoms with Crippen molar-refractivity contribution in [3.8, 4) is 5.75 Å². The Labute approximate surface area is 116 Å². The summed E-state index contributed by atoms with van der Waals surface area (Å²) in [6.45, 7) is 0. The molecule has 0 spiro atoms. The molecule has 20 heavy (non-hydrogen) atoms. The first-order valence-electron chi connectivity index (χ1n) is 6.15. The third kappa shape index (κ3) is 3.91. The summed E-state index contributed by atoms with van der Waals surface area (Å²) in [6, 6.07) is 14.0. The Morgan fingerprint density at radius 2 is 1.70 bits per heavy atom. The number of phenolic OH excluding ortho intramolecular Hbond substituents is 1. The highest BCUT2D eigenvalue weighted by atomic mass is 16.4. The molecule has 0 radical (unpaired) electrons. The minimum atomic E-state index is -0.902. The molecule has 5 nitrogen and oxygen atoms in total. The van der Waals surface area contributed by atoms with Crippen molar-refractivity contribution < 1.29 is 15.0 Å². The lowest BCUT2D eigenvalue weighted by Gasteiger charge is -2.03. The topological polar surface area (TPSA) is 82.2 Å². The number of aryl methyl sites for hydroxylation is 1. The van der Waals surface area contributed by atoms with E-state index in [-0.39, 0.29) is 18.6 Å². The van der Waals surface area contributed by atoms with E-state index in [0.29, 0.717) is 11.3 Å². The zero-order valence-electron chi connectivity index (χ0n) is 10.7. The predicted octanol–water partition coefficient (Wildman–Crippen LogP) is 3.82. The zero-order chi connectivity index (χ0) is 14.4. The van der Waals surface area contributed by atoms with E-state index in [1.165, 1.54) is 6.07 Å². The SMILES string of the molecule is O=C(O)CCc1cc(N=Nc2ccccc2)ccc1O. The molecule has 5 heteroatoms. The number of nitrogens with zero attached hydrogens (tertiary/aromatic N) is 2. The largest absolute Gasteiger partial charge is 0.508 e. The van der Waals surface area contributed by atoms with Crippen LogP contribution in [0.4, 0.5) is 11.4 Å². The van der Waals surface area contributed by atoms with Crippen molar-refractivity contribution in [1.82, 2.24) is 0 Å². The van der Waals surface area contributed by atoms with Gasteiger partial charge in [-0.3, -0.25) is 4.79 Å². The molecule has 0 fully saturated rings. The number of hydrogen-bond acceptors (Lipinski definition) is 4. The second-order valence-corrected chi connectivity index (χ2v) is 4.24. The first-order chi connectivity index (χ1) is 9.65. The Balaban J connectivity index is 2.14. The average Bonchev–Trinajstić information content (AvgIpc) is 2.46. The normalized spacial score (nSPS) is 10.8. The van der Waals surface area contributed by atoms with E-state index in [2.05, 4.69) is 10.2 Å². The van der Waals surface area contributed by atoms with Gasteiger partial charge in [0.2, 0.25) is 0 Å². The first-order valence-corrected chi connectivity index (χ1v) is 6.15. The van der Waals surface area contributed by atoms with Crippen LogP contribution in [0.1, 0.15) is 12.0 Å². The van der Waals surface area contributed by atoms with Gasteiger partial charge in [0.15, 0.2) is 0 Å². The van der Waals surface area contributed by atoms with Gasteiger partial charge in [-0.05, 0) is 42.3 Å². The molecule has 0 bridgehead atoms. The molecule has 0 aliphatic rings. The lowest BCUT2D eigenvalue weighted by Crippen LogP contribution is -1.97. The van der Waals surface area contributed by atoms with Crippen LogP contribution in [0, 0.1) is 0 Å². The van der Waals surface area contributed by atoms with Gasteiger partial charge in [0.1, 0.15) is 5.75 Å². The Morgan fingerprint density at radius 1 is 1.00 bits per heavy atom. The predicted molar refractivity (Wildman–Crippen MR) is 74.7 cm³/mol. The third-order valence-electron chi connectivity index (χ3n) is 2.71. The molecule has 0 amide bonds. The first kappa shape index (κ1) is 13.7. The van der Waals surface area contributed by atoms with Gasteiger partial charge in [-0.2, -0.15) is 10.2 Å². The van der Waals surface area contributed by atoms with Crippen LogP contribution in [0.3, 0.4) is 0 Å². The number of aromatic hydroxyl groups is 1. The fraction of sp³-hybridized carbons (Fsp3) is 0.133. The highest BCUT2D eigenvalue weighted by Crippen LogP contribution is 2.26. The molecule has 0 heterocycles. The van der Waals surface area contributed by atoms with Gasteiger partial charge >= 0.3 is 5.97 Å². The molecule has 2 aromatic rings. The van der Waals surface area contributed by atoms with Crippen LogP contribution in [0.15, 0.2) is 58.8 Å². The number of phenols is 1. The van der Waals surface area contributed by atoms with E-state index >= 15 is 0 Å². The third-order valence-corrected chi connectivity index (χ3v) is 2.71. The number of carbonyl (C=O) groups is 1. The van der Waals surface area contributed by atoms with Crippen LogP contribution in [0.2, 0.25) is 0 Å². The number of carboxylic acids is 1. The summed E-state index contributed by atoms with van der Waals surface area (Å²) in [6.07, 6.45) is 0.225. The maximum Gasteiger partial charge on any atom is 0.303 e. The van der Waals surface area contributed by atoms with E-state index in [1.807, 2.05) is 30.3 Å². The summed E-state index contributed by atoms with van der Waals surface area (Å²) in [4.78, 5) is 10.6. The van der Waals surface area contributed by atoms with Gasteiger partial charge in [-0.1, -0.05) is 18.2 Å². The smallest absolute Gasteiger partial charge is 0.303 e. The Morgan fingerprint density at radius 3 is 2.40 bits per heavy atom. The van der Waals surface area contributed by atoms with Crippen LogP contribution in [0.5, 0.6) is 5.75 Å². The quantitative estimate of drug-likeness (QED) is 0.810. The number of benzene rings is 2. The van der Waals surface area contributed by atoms with Crippen LogP contribution in [0.25, 0.3) is 0 Å². The highest BCUT2D eigenvalue weighted by molar-refractivity contribution is 5.67. The van der Waals surface area contributed by atoms with Crippen LogP contribution >= 0.6 is 0 Å². The number of azo groups is 1. The molecule has 2 aromatic carbocycles. The van der Waals surface area contributed by atoms with Gasteiger partial charge in [0.05, 0.1) is 11.4 Å². The summed E-state index contributed by atoms with van der Waals surface area (Å²) in [5.41, 5.74) is 1.86. The van der Waals surface area contributed by atoms with Crippen molar-refractivity contribution in [2.75, 3.05) is 0 Å². The van der Waals surface area contributed by atoms with Crippen molar-refractivity contribution in [2.45, 2.75) is 12.8 Å². The zero-order valence-corrected chi connectivity index (χ0v) is 10.7. The van der Waals surface area contributed by atoms with E-state index in [4.69, 9.17) is 5.11 Å². The Kier molecular flexibility index (Phi) is 4.44. The molecule has 0 aliphatic heterocycles. The molecule has 0 atom stereocenters. The van der Waals surface area contributed by atoms with Crippen LogP contribution < -0.4 is 0 Å². The maximum atomic E-state index is 10.6. The van der Waals surface area contributed by atoms with Gasteiger partial charge in [0.25, 0.3) is 0 Å². The fourth-order valence-corrected chi connectivity index (χ4v) is 1.69. The summed E-state index contributed by atoms with van der Waals surface area (Å²) in [7, 11) is 0. The van der Waals surface area contributed by atoms with E-state index in [9.17, 15) is 9.90 Å². The Hall–Kier alpha value is -2.69. The molecular formula is C15H14N2O3. The molecule has 2 N–H and O–H groups in total. The summed E-state index contributed by atoms with van der Waals surface area (Å²) in [5, 5.41) is 26.5. The molecule has 102 valence electrons. The minimum absolute atomic E-state index is 0.0349. The van der Waals surface area contributed by atoms with Crippen molar-refractivity contribution in [2.24, 2.45) is 10.2 Å². The highest BCUT2D eigenvalue weighted by Gasteiger charge is 2.05. The fourth-order valence-electron chi connectivity index (χ4n) is 1.69. The summed E-state index contributed by atoms with van der Waals surface area (Å²) < 4.78 is 0. The summed E-state index contributed by atoms with van der Waals surface area (Å²) >= 11 is 0. The molecule has 0 aromatic heterocycles. The van der Waals surface area contributed by atoms with Crippen molar-refractivity contribution >= 4 is 17.3 Å². The van der Waals surface area contributed by atoms with E-state index < -0.39 is 5.97 Å². The standard InChI is InChI=1S/C15H14N2O3/c18-14-8-7-13(10-11(14)6-9-15(19)20)17-16-12-4-2-1-3-5-12/h1-5,7-8,10,18H,6,9H2,(H,19,20). The van der Waals surface area contributed by atoms with E-state index in [0.717, 1.165) is 5.69 Å². The van der Waals surface area contributed by atoms with Gasteiger partial charge in [-0.25, -0.2) is 0 Å². The summed E-state index contributed by atoms with van der Waals surface area (Å²) in [5.74, 6) is -0.828. The maximum absolute atomic E-state index is 10.6. The second-order valence-electron chi connectivity index (χ2n) is 4.24. The number of hydrogen-bond donors (Lipinski definition) is 2. The molecule has 2 rings (SSSR count). The molecule has 0 aliphatic carbocycles. The van der Waals surface area contributed by atoms with Crippen LogP contribution in [-0.2, 0) is 11.2 Å². The van der Waals surface area contributed by atoms with Crippen molar-refractivity contribution in [3.05, 3.63) is 54.1 Å². The van der Waals surface area contributed by atoms with Gasteiger partial charge in [0, 0.05) is 6.42 Å². The van der Waals surface area contributed by atoms with Crippen LogP contribution in [-0.4, -0.2) is 16.2 Å². The minimum Gasteiger partial charge on any atom is -0.508 e. The lowest BCUT2D eigenvalue weighted by atomic mass is 10.1. The lowest BCUT2D eigenvalue weighted by molar-refractivity contribution is -0.136. The molecular weight excluding hydrogens is 256 g/mol. The molecule has 0 saturated heterocycles. The molecule has 0 unspecified atom stereocenters. The molecule has 0 saturated carbocycles. The number of carboxylic acid groups (broad SMARTS) is 1. The van der Waals surface area contributed by atoms with Crippen molar-refractivity contribution in [3.63, 3.8) is 0 Å². The van der Waals surface area contributed by atoms with Gasteiger partial charge in [-0.15, -0.1) is 0 Å². The Bertz CT molecular complexity index is 624.